The summed E-state index contributed by atoms with van der Waals surface area (Å²) in [6.45, 7) is 14.3. The first-order valence-corrected chi connectivity index (χ1v) is 4.81. The molecule has 0 radical (unpaired) electrons. The van der Waals surface area contributed by atoms with Crippen LogP contribution in [0.2, 0.25) is 0 Å². The Hall–Kier alpha value is -0.300. The summed E-state index contributed by atoms with van der Waals surface area (Å²) in [5, 5.41) is 3.61. The van der Waals surface area contributed by atoms with E-state index in [4.69, 9.17) is 0 Å². The summed E-state index contributed by atoms with van der Waals surface area (Å²) in [7, 11) is 0. The summed E-state index contributed by atoms with van der Waals surface area (Å²) in [5.41, 5.74) is 1.76. The van der Waals surface area contributed by atoms with Crippen molar-refractivity contribution in [1.82, 2.24) is 5.32 Å². The minimum Gasteiger partial charge on any atom is -0.307 e. The van der Waals surface area contributed by atoms with Gasteiger partial charge in [-0.3, -0.25) is 0 Å². The van der Waals surface area contributed by atoms with Crippen molar-refractivity contribution in [2.75, 3.05) is 6.54 Å². The molecule has 0 amide bonds. The maximum atomic E-state index is 4.11. The van der Waals surface area contributed by atoms with Crippen molar-refractivity contribution in [2.24, 2.45) is 5.41 Å². The molecule has 1 N–H and O–H groups in total. The van der Waals surface area contributed by atoms with E-state index in [1.807, 2.05) is 0 Å². The van der Waals surface area contributed by atoms with Gasteiger partial charge < -0.3 is 5.32 Å². The summed E-state index contributed by atoms with van der Waals surface area (Å²) >= 11 is 0. The standard InChI is InChI=1S/C11H21N/c1-9(2)11(10(3,4)5)7-6-8-12-11/h12H,1,6-8H2,2-5H3. The summed E-state index contributed by atoms with van der Waals surface area (Å²) in [4.78, 5) is 0. The van der Waals surface area contributed by atoms with Gasteiger partial charge in [0.2, 0.25) is 0 Å². The highest BCUT2D eigenvalue weighted by atomic mass is 15.0. The van der Waals surface area contributed by atoms with E-state index >= 15 is 0 Å². The molecule has 1 fully saturated rings. The monoisotopic (exact) mass is 167 g/mol. The van der Waals surface area contributed by atoms with Crippen molar-refractivity contribution < 1.29 is 0 Å². The van der Waals surface area contributed by atoms with Crippen LogP contribution in [0.25, 0.3) is 0 Å². The highest BCUT2D eigenvalue weighted by Gasteiger charge is 2.44. The Morgan fingerprint density at radius 1 is 1.42 bits per heavy atom. The molecule has 0 aromatic heterocycles. The lowest BCUT2D eigenvalue weighted by atomic mass is 9.69. The molecular formula is C11H21N. The van der Waals surface area contributed by atoms with Gasteiger partial charge in [0.05, 0.1) is 0 Å². The quantitative estimate of drug-likeness (QED) is 0.592. The molecule has 0 aromatic carbocycles. The predicted octanol–water partition coefficient (Wildman–Crippen LogP) is 2.73. The summed E-state index contributed by atoms with van der Waals surface area (Å²) < 4.78 is 0. The minimum atomic E-state index is 0.188. The van der Waals surface area contributed by atoms with Crippen molar-refractivity contribution >= 4 is 0 Å². The lowest BCUT2D eigenvalue weighted by Crippen LogP contribution is -2.51. The Bertz CT molecular complexity index is 180. The molecule has 12 heavy (non-hydrogen) atoms. The lowest BCUT2D eigenvalue weighted by molar-refractivity contribution is 0.201. The average molecular weight is 167 g/mol. The van der Waals surface area contributed by atoms with Gasteiger partial charge in [-0.15, -0.1) is 0 Å². The molecule has 1 atom stereocenters. The van der Waals surface area contributed by atoms with Gasteiger partial charge in [0, 0.05) is 5.54 Å². The molecule has 0 aromatic rings. The van der Waals surface area contributed by atoms with Crippen LogP contribution in [0.4, 0.5) is 0 Å². The molecule has 1 rings (SSSR count). The minimum absolute atomic E-state index is 0.188. The number of nitrogens with one attached hydrogen (secondary N) is 1. The molecule has 0 bridgehead atoms. The third-order valence-corrected chi connectivity index (χ3v) is 3.16. The van der Waals surface area contributed by atoms with Crippen LogP contribution in [-0.2, 0) is 0 Å². The van der Waals surface area contributed by atoms with Crippen molar-refractivity contribution in [3.63, 3.8) is 0 Å². The van der Waals surface area contributed by atoms with Crippen molar-refractivity contribution in [3.8, 4) is 0 Å². The zero-order chi connectivity index (χ0) is 9.41. The molecule has 70 valence electrons. The van der Waals surface area contributed by atoms with E-state index in [0.29, 0.717) is 0 Å². The highest BCUT2D eigenvalue weighted by molar-refractivity contribution is 5.21. The Balaban J connectivity index is 2.94. The van der Waals surface area contributed by atoms with Gasteiger partial charge in [0.25, 0.3) is 0 Å². The third-order valence-electron chi connectivity index (χ3n) is 3.16. The van der Waals surface area contributed by atoms with Gasteiger partial charge >= 0.3 is 0 Å². The van der Waals surface area contributed by atoms with E-state index in [1.54, 1.807) is 0 Å². The fourth-order valence-corrected chi connectivity index (χ4v) is 2.39. The molecular weight excluding hydrogens is 146 g/mol. The van der Waals surface area contributed by atoms with E-state index in [9.17, 15) is 0 Å². The first-order valence-electron chi connectivity index (χ1n) is 4.81. The topological polar surface area (TPSA) is 12.0 Å². The maximum absolute atomic E-state index is 4.11. The van der Waals surface area contributed by atoms with Crippen LogP contribution in [-0.4, -0.2) is 12.1 Å². The van der Waals surface area contributed by atoms with Gasteiger partial charge in [0.1, 0.15) is 0 Å². The Kier molecular flexibility index (Phi) is 2.35. The van der Waals surface area contributed by atoms with Gasteiger partial charge in [-0.1, -0.05) is 32.9 Å². The van der Waals surface area contributed by atoms with Gasteiger partial charge in [0.15, 0.2) is 0 Å². The van der Waals surface area contributed by atoms with Crippen LogP contribution in [0.1, 0.15) is 40.5 Å². The highest BCUT2D eigenvalue weighted by Crippen LogP contribution is 2.41. The molecule has 1 heteroatoms. The Labute approximate surface area is 76.2 Å². The predicted molar refractivity (Wildman–Crippen MR) is 54.2 cm³/mol. The summed E-state index contributed by atoms with van der Waals surface area (Å²) in [5.74, 6) is 0. The van der Waals surface area contributed by atoms with E-state index in [0.717, 1.165) is 6.54 Å². The summed E-state index contributed by atoms with van der Waals surface area (Å²) in [6, 6.07) is 0. The van der Waals surface area contributed by atoms with Crippen molar-refractivity contribution in [2.45, 2.75) is 46.1 Å². The third kappa shape index (κ3) is 1.31. The molecule has 0 saturated carbocycles. The van der Waals surface area contributed by atoms with E-state index in [-0.39, 0.29) is 11.0 Å². The molecule has 1 aliphatic rings. The molecule has 1 nitrogen and oxygen atoms in total. The van der Waals surface area contributed by atoms with Crippen LogP contribution in [0, 0.1) is 5.41 Å². The van der Waals surface area contributed by atoms with Crippen molar-refractivity contribution in [1.29, 1.82) is 0 Å². The molecule has 0 aliphatic carbocycles. The smallest absolute Gasteiger partial charge is 0.0438 e. The van der Waals surface area contributed by atoms with Crippen LogP contribution in [0.5, 0.6) is 0 Å². The number of hydrogen-bond acceptors (Lipinski definition) is 1. The largest absolute Gasteiger partial charge is 0.307 e. The number of rotatable bonds is 1. The summed E-state index contributed by atoms with van der Waals surface area (Å²) in [6.07, 6.45) is 2.52. The van der Waals surface area contributed by atoms with Gasteiger partial charge in [-0.2, -0.15) is 0 Å². The maximum Gasteiger partial charge on any atom is 0.0438 e. The normalized spacial score (nSPS) is 30.7. The average Bonchev–Trinajstić information content (AvgIpc) is 2.31. The van der Waals surface area contributed by atoms with Gasteiger partial charge in [-0.25, -0.2) is 0 Å². The van der Waals surface area contributed by atoms with Crippen LogP contribution >= 0.6 is 0 Å². The second kappa shape index (κ2) is 2.88. The molecule has 0 spiro atoms. The van der Waals surface area contributed by atoms with Crippen molar-refractivity contribution in [3.05, 3.63) is 12.2 Å². The zero-order valence-corrected chi connectivity index (χ0v) is 8.83. The molecule has 1 saturated heterocycles. The number of hydrogen-bond donors (Lipinski definition) is 1. The zero-order valence-electron chi connectivity index (χ0n) is 8.83. The molecule has 1 aliphatic heterocycles. The lowest BCUT2D eigenvalue weighted by Gasteiger charge is -2.43. The fraction of sp³-hybridized carbons (Fsp3) is 0.818. The second-order valence-electron chi connectivity index (χ2n) is 4.97. The van der Waals surface area contributed by atoms with Crippen LogP contribution in [0.3, 0.4) is 0 Å². The Morgan fingerprint density at radius 3 is 2.17 bits per heavy atom. The van der Waals surface area contributed by atoms with Gasteiger partial charge in [-0.05, 0) is 31.7 Å². The fourth-order valence-electron chi connectivity index (χ4n) is 2.39. The Morgan fingerprint density at radius 2 is 2.00 bits per heavy atom. The van der Waals surface area contributed by atoms with E-state index < -0.39 is 0 Å². The van der Waals surface area contributed by atoms with Crippen LogP contribution in [0.15, 0.2) is 12.2 Å². The molecule has 1 heterocycles. The van der Waals surface area contributed by atoms with Crippen LogP contribution < -0.4 is 5.32 Å². The second-order valence-corrected chi connectivity index (χ2v) is 4.97. The van der Waals surface area contributed by atoms with E-state index in [2.05, 4.69) is 39.6 Å². The first-order chi connectivity index (χ1) is 5.40. The SMILES string of the molecule is C=C(C)C1(C(C)(C)C)CCCN1. The van der Waals surface area contributed by atoms with E-state index in [1.165, 1.54) is 18.4 Å². The molecule has 1 unspecified atom stereocenters. The first kappa shape index (κ1) is 9.79.